The van der Waals surface area contributed by atoms with E-state index in [0.29, 0.717) is 35.4 Å². The number of nitrogens with two attached hydrogens (primary N) is 1. The largest absolute Gasteiger partial charge is 0.378 e. The molecule has 0 radical (unpaired) electrons. The Kier molecular flexibility index (Phi) is 4.76. The lowest BCUT2D eigenvalue weighted by molar-refractivity contribution is 0.176. The SMILES string of the molecule is COCc1c(CN)nnn1Cc1c(Cl)cccc1Cl. The molecule has 102 valence electrons. The second kappa shape index (κ2) is 6.34. The summed E-state index contributed by atoms with van der Waals surface area (Å²) in [7, 11) is 1.61. The number of ether oxygens (including phenoxy) is 1. The normalized spacial score (nSPS) is 10.9. The van der Waals surface area contributed by atoms with Gasteiger partial charge in [-0.25, -0.2) is 4.68 Å². The van der Waals surface area contributed by atoms with Gasteiger partial charge in [0.15, 0.2) is 0 Å². The smallest absolute Gasteiger partial charge is 0.102 e. The van der Waals surface area contributed by atoms with E-state index >= 15 is 0 Å². The molecule has 1 aromatic heterocycles. The molecule has 2 N–H and O–H groups in total. The molecule has 0 aliphatic heterocycles. The van der Waals surface area contributed by atoms with E-state index < -0.39 is 0 Å². The van der Waals surface area contributed by atoms with E-state index in [9.17, 15) is 0 Å². The minimum Gasteiger partial charge on any atom is -0.378 e. The van der Waals surface area contributed by atoms with E-state index in [1.54, 1.807) is 30.0 Å². The van der Waals surface area contributed by atoms with Crippen LogP contribution in [0.1, 0.15) is 17.0 Å². The second-order valence-corrected chi connectivity index (χ2v) is 4.79. The molecule has 0 saturated carbocycles. The predicted octanol–water partition coefficient (Wildman–Crippen LogP) is 2.24. The number of methoxy groups -OCH3 is 1. The van der Waals surface area contributed by atoms with Crippen molar-refractivity contribution < 1.29 is 4.74 Å². The van der Waals surface area contributed by atoms with Crippen molar-refractivity contribution in [2.45, 2.75) is 19.7 Å². The predicted molar refractivity (Wildman–Crippen MR) is 74.2 cm³/mol. The summed E-state index contributed by atoms with van der Waals surface area (Å²) < 4.78 is 6.85. The summed E-state index contributed by atoms with van der Waals surface area (Å²) in [6.45, 7) is 1.14. The first-order chi connectivity index (χ1) is 9.17. The van der Waals surface area contributed by atoms with Crippen molar-refractivity contribution in [1.29, 1.82) is 0 Å². The van der Waals surface area contributed by atoms with Gasteiger partial charge in [0.2, 0.25) is 0 Å². The molecule has 2 rings (SSSR count). The lowest BCUT2D eigenvalue weighted by Crippen LogP contribution is -2.10. The maximum absolute atomic E-state index is 6.15. The Hall–Kier alpha value is -1.14. The standard InChI is InChI=1S/C12H14Cl2N4O/c1-19-7-12-11(5-15)16-17-18(12)6-8-9(13)3-2-4-10(8)14/h2-4H,5-7,15H2,1H3. The van der Waals surface area contributed by atoms with Crippen molar-refractivity contribution in [2.75, 3.05) is 7.11 Å². The molecule has 0 aliphatic rings. The molecule has 2 aromatic rings. The third kappa shape index (κ3) is 3.06. The van der Waals surface area contributed by atoms with Crippen LogP contribution in [0.2, 0.25) is 10.0 Å². The lowest BCUT2D eigenvalue weighted by atomic mass is 10.2. The van der Waals surface area contributed by atoms with Gasteiger partial charge in [-0.15, -0.1) is 5.10 Å². The Morgan fingerprint density at radius 2 is 2.00 bits per heavy atom. The van der Waals surface area contributed by atoms with E-state index in [4.69, 9.17) is 33.7 Å². The van der Waals surface area contributed by atoms with Gasteiger partial charge in [-0.1, -0.05) is 34.5 Å². The van der Waals surface area contributed by atoms with Gasteiger partial charge < -0.3 is 10.5 Å². The maximum Gasteiger partial charge on any atom is 0.102 e. The topological polar surface area (TPSA) is 66.0 Å². The first-order valence-electron chi connectivity index (χ1n) is 5.70. The van der Waals surface area contributed by atoms with Crippen LogP contribution in [0.15, 0.2) is 18.2 Å². The molecule has 0 fully saturated rings. The molecule has 0 amide bonds. The zero-order chi connectivity index (χ0) is 13.8. The minimum absolute atomic E-state index is 0.314. The molecule has 0 bridgehead atoms. The number of rotatable bonds is 5. The zero-order valence-electron chi connectivity index (χ0n) is 10.4. The van der Waals surface area contributed by atoms with Crippen LogP contribution in [0.5, 0.6) is 0 Å². The van der Waals surface area contributed by atoms with E-state index in [1.807, 2.05) is 0 Å². The molecule has 5 nitrogen and oxygen atoms in total. The van der Waals surface area contributed by atoms with Crippen molar-refractivity contribution in [3.8, 4) is 0 Å². The third-order valence-electron chi connectivity index (χ3n) is 2.76. The van der Waals surface area contributed by atoms with Crippen LogP contribution >= 0.6 is 23.2 Å². The Morgan fingerprint density at radius 1 is 1.32 bits per heavy atom. The van der Waals surface area contributed by atoms with Gasteiger partial charge in [0.05, 0.1) is 18.8 Å². The molecule has 0 unspecified atom stereocenters. The van der Waals surface area contributed by atoms with Gasteiger partial charge in [0.1, 0.15) is 5.69 Å². The van der Waals surface area contributed by atoms with Crippen LogP contribution in [-0.4, -0.2) is 22.1 Å². The van der Waals surface area contributed by atoms with E-state index in [-0.39, 0.29) is 0 Å². The highest BCUT2D eigenvalue weighted by atomic mass is 35.5. The number of hydrogen-bond donors (Lipinski definition) is 1. The summed E-state index contributed by atoms with van der Waals surface area (Å²) in [5, 5.41) is 9.30. The first-order valence-corrected chi connectivity index (χ1v) is 6.46. The highest BCUT2D eigenvalue weighted by molar-refractivity contribution is 6.35. The number of aromatic nitrogens is 3. The van der Waals surface area contributed by atoms with Gasteiger partial charge in [-0.2, -0.15) is 0 Å². The number of nitrogens with zero attached hydrogens (tertiary/aromatic N) is 3. The average molecular weight is 301 g/mol. The summed E-state index contributed by atoms with van der Waals surface area (Å²) in [6.07, 6.45) is 0. The van der Waals surface area contributed by atoms with Gasteiger partial charge in [-0.05, 0) is 12.1 Å². The van der Waals surface area contributed by atoms with Crippen LogP contribution < -0.4 is 5.73 Å². The van der Waals surface area contributed by atoms with Crippen LogP contribution in [0, 0.1) is 0 Å². The van der Waals surface area contributed by atoms with Gasteiger partial charge in [0.25, 0.3) is 0 Å². The van der Waals surface area contributed by atoms with Crippen molar-refractivity contribution in [2.24, 2.45) is 5.73 Å². The Balaban J connectivity index is 2.35. The summed E-state index contributed by atoms with van der Waals surface area (Å²) >= 11 is 12.3. The molecule has 7 heteroatoms. The van der Waals surface area contributed by atoms with Gasteiger partial charge >= 0.3 is 0 Å². The Labute approximate surface area is 121 Å². The molecule has 0 spiro atoms. The molecule has 1 heterocycles. The van der Waals surface area contributed by atoms with Gasteiger partial charge in [-0.3, -0.25) is 0 Å². The highest BCUT2D eigenvalue weighted by Gasteiger charge is 2.14. The van der Waals surface area contributed by atoms with Gasteiger partial charge in [0, 0.05) is 29.3 Å². The van der Waals surface area contributed by atoms with Crippen molar-refractivity contribution in [1.82, 2.24) is 15.0 Å². The zero-order valence-corrected chi connectivity index (χ0v) is 11.9. The summed E-state index contributed by atoms with van der Waals surface area (Å²) in [6, 6.07) is 5.38. The fourth-order valence-electron chi connectivity index (χ4n) is 1.78. The molecule has 0 saturated heterocycles. The van der Waals surface area contributed by atoms with E-state index in [1.165, 1.54) is 0 Å². The van der Waals surface area contributed by atoms with E-state index in [2.05, 4.69) is 10.3 Å². The van der Waals surface area contributed by atoms with Crippen molar-refractivity contribution >= 4 is 23.2 Å². The second-order valence-electron chi connectivity index (χ2n) is 3.98. The molecular weight excluding hydrogens is 287 g/mol. The summed E-state index contributed by atoms with van der Waals surface area (Å²) in [4.78, 5) is 0. The monoisotopic (exact) mass is 300 g/mol. The van der Waals surface area contributed by atoms with Crippen LogP contribution in [0.25, 0.3) is 0 Å². The molecule has 1 aromatic carbocycles. The first kappa shape index (κ1) is 14.3. The number of benzene rings is 1. The summed E-state index contributed by atoms with van der Waals surface area (Å²) in [5.74, 6) is 0. The average Bonchev–Trinajstić information content (AvgIpc) is 2.77. The third-order valence-corrected chi connectivity index (χ3v) is 3.47. The fourth-order valence-corrected chi connectivity index (χ4v) is 2.30. The number of halogens is 2. The summed E-state index contributed by atoms with van der Waals surface area (Å²) in [5.41, 5.74) is 7.97. The van der Waals surface area contributed by atoms with E-state index in [0.717, 1.165) is 11.3 Å². The fraction of sp³-hybridized carbons (Fsp3) is 0.333. The molecule has 19 heavy (non-hydrogen) atoms. The van der Waals surface area contributed by atoms with Crippen LogP contribution in [0.3, 0.4) is 0 Å². The molecule has 0 aliphatic carbocycles. The molecular formula is C12H14Cl2N4O. The van der Waals surface area contributed by atoms with Crippen LogP contribution in [0.4, 0.5) is 0 Å². The minimum atomic E-state index is 0.314. The van der Waals surface area contributed by atoms with Crippen LogP contribution in [-0.2, 0) is 24.4 Å². The highest BCUT2D eigenvalue weighted by Crippen LogP contribution is 2.25. The lowest BCUT2D eigenvalue weighted by Gasteiger charge is -2.09. The Morgan fingerprint density at radius 3 is 2.58 bits per heavy atom. The van der Waals surface area contributed by atoms with Crippen molar-refractivity contribution in [3.05, 3.63) is 45.2 Å². The quantitative estimate of drug-likeness (QED) is 0.919. The van der Waals surface area contributed by atoms with Crippen molar-refractivity contribution in [3.63, 3.8) is 0 Å². The Bertz CT molecular complexity index is 551. The molecule has 0 atom stereocenters. The number of hydrogen-bond acceptors (Lipinski definition) is 4. The maximum atomic E-state index is 6.15.